The van der Waals surface area contributed by atoms with E-state index in [1.165, 1.54) is 19.8 Å². The smallest absolute Gasteiger partial charge is 0.244 e. The molecule has 8 heteroatoms. The van der Waals surface area contributed by atoms with E-state index in [2.05, 4.69) is 15.1 Å². The molecular weight excluding hydrogens is 400 g/mol. The second-order valence-corrected chi connectivity index (χ2v) is 11.4. The fourth-order valence-corrected chi connectivity index (χ4v) is 6.70. The highest BCUT2D eigenvalue weighted by Crippen LogP contribution is 2.38. The first kappa shape index (κ1) is 21.9. The van der Waals surface area contributed by atoms with Crippen molar-refractivity contribution in [3.05, 3.63) is 29.8 Å². The minimum absolute atomic E-state index is 0.0626. The first-order valence-corrected chi connectivity index (χ1v) is 12.4. The summed E-state index contributed by atoms with van der Waals surface area (Å²) in [5.41, 5.74) is 0.000742. The Balaban J connectivity index is 1.58. The van der Waals surface area contributed by atoms with Gasteiger partial charge in [0, 0.05) is 44.3 Å². The van der Waals surface area contributed by atoms with Crippen LogP contribution in [0.25, 0.3) is 0 Å². The molecule has 2 heterocycles. The predicted molar refractivity (Wildman–Crippen MR) is 117 cm³/mol. The second-order valence-electron chi connectivity index (χ2n) is 9.50. The van der Waals surface area contributed by atoms with Crippen LogP contribution in [0.3, 0.4) is 0 Å². The van der Waals surface area contributed by atoms with Crippen LogP contribution in [0.5, 0.6) is 0 Å². The van der Waals surface area contributed by atoms with E-state index in [9.17, 15) is 13.2 Å². The Bertz CT molecular complexity index is 872. The lowest BCUT2D eigenvalue weighted by molar-refractivity contribution is 0.0824. The van der Waals surface area contributed by atoms with Gasteiger partial charge < -0.3 is 9.80 Å². The molecule has 2 aliphatic heterocycles. The molecular formula is C22H34N4O3S. The topological polar surface area (TPSA) is 73.0 Å². The fraction of sp³-hybridized carbons (Fsp3) is 0.682. The van der Waals surface area contributed by atoms with Gasteiger partial charge in [0.25, 0.3) is 0 Å². The number of carbonyl (C=O) groups excluding carboxylic acids is 1. The van der Waals surface area contributed by atoms with Crippen LogP contribution < -0.4 is 5.32 Å². The number of Topliss-reactive ketones (excluding diaryl/α,β-unsaturated/α-hetero) is 1. The first-order chi connectivity index (χ1) is 14.2. The molecule has 7 nitrogen and oxygen atoms in total. The lowest BCUT2D eigenvalue weighted by atomic mass is 9.97. The highest BCUT2D eigenvalue weighted by atomic mass is 32.2. The molecule has 1 aromatic rings. The van der Waals surface area contributed by atoms with Crippen molar-refractivity contribution in [3.8, 4) is 0 Å². The Morgan fingerprint density at radius 3 is 2.33 bits per heavy atom. The molecule has 4 rings (SSSR count). The van der Waals surface area contributed by atoms with Gasteiger partial charge in [-0.1, -0.05) is 12.1 Å². The van der Waals surface area contributed by atoms with E-state index in [0.29, 0.717) is 12.1 Å². The molecule has 1 spiro atoms. The summed E-state index contributed by atoms with van der Waals surface area (Å²) >= 11 is 0. The summed E-state index contributed by atoms with van der Waals surface area (Å²) in [6.45, 7) is 5.75. The van der Waals surface area contributed by atoms with Gasteiger partial charge >= 0.3 is 0 Å². The van der Waals surface area contributed by atoms with Crippen molar-refractivity contribution in [2.45, 2.75) is 49.2 Å². The monoisotopic (exact) mass is 434 g/mol. The van der Waals surface area contributed by atoms with E-state index in [0.717, 1.165) is 44.9 Å². The van der Waals surface area contributed by atoms with Gasteiger partial charge in [-0.05, 0) is 64.8 Å². The number of nitrogens with one attached hydrogen (secondary N) is 1. The van der Waals surface area contributed by atoms with Crippen molar-refractivity contribution >= 4 is 15.8 Å². The Labute approximate surface area is 180 Å². The van der Waals surface area contributed by atoms with E-state index in [4.69, 9.17) is 0 Å². The molecule has 166 valence electrons. The van der Waals surface area contributed by atoms with Crippen LogP contribution in [0.2, 0.25) is 0 Å². The molecule has 1 atom stereocenters. The molecule has 1 unspecified atom stereocenters. The van der Waals surface area contributed by atoms with Crippen molar-refractivity contribution in [2.24, 2.45) is 5.92 Å². The van der Waals surface area contributed by atoms with Crippen molar-refractivity contribution in [1.82, 2.24) is 19.4 Å². The number of nitrogens with zero attached hydrogens (tertiary/aromatic N) is 3. The van der Waals surface area contributed by atoms with E-state index >= 15 is 0 Å². The van der Waals surface area contributed by atoms with Gasteiger partial charge in [0.2, 0.25) is 10.0 Å². The highest BCUT2D eigenvalue weighted by Gasteiger charge is 2.52. The number of hydrogen-bond donors (Lipinski definition) is 1. The largest absolute Gasteiger partial charge is 0.308 e. The standard InChI is InChI=1S/C22H34N4O3S/c1-17(27)19-6-8-21(9-7-19)30(28,29)26-16-20(15-24(2)3)23-22(26)10-12-25(13-11-22)14-18-4-5-18/h6-9,18,20,23H,4-5,10-16H2,1-3H3. The molecule has 0 aromatic heterocycles. The first-order valence-electron chi connectivity index (χ1n) is 11.0. The van der Waals surface area contributed by atoms with Gasteiger partial charge in [-0.15, -0.1) is 0 Å². The molecule has 0 radical (unpaired) electrons. The number of piperidine rings is 1. The molecule has 1 N–H and O–H groups in total. The lowest BCUT2D eigenvalue weighted by Gasteiger charge is -2.44. The van der Waals surface area contributed by atoms with E-state index < -0.39 is 15.7 Å². The molecule has 3 aliphatic rings. The van der Waals surface area contributed by atoms with Crippen LogP contribution in [-0.2, 0) is 10.0 Å². The quantitative estimate of drug-likeness (QED) is 0.658. The maximum Gasteiger partial charge on any atom is 0.244 e. The molecule has 0 bridgehead atoms. The molecule has 1 saturated carbocycles. The number of ketones is 1. The summed E-state index contributed by atoms with van der Waals surface area (Å²) < 4.78 is 29.0. The summed E-state index contributed by atoms with van der Waals surface area (Å²) in [6.07, 6.45) is 4.27. The van der Waals surface area contributed by atoms with Crippen molar-refractivity contribution in [3.63, 3.8) is 0 Å². The Morgan fingerprint density at radius 1 is 1.17 bits per heavy atom. The zero-order valence-electron chi connectivity index (χ0n) is 18.3. The van der Waals surface area contributed by atoms with Crippen LogP contribution in [0.4, 0.5) is 0 Å². The summed E-state index contributed by atoms with van der Waals surface area (Å²) in [7, 11) is 0.373. The zero-order valence-corrected chi connectivity index (χ0v) is 19.1. The molecule has 2 saturated heterocycles. The van der Waals surface area contributed by atoms with Crippen LogP contribution in [0.15, 0.2) is 29.2 Å². The van der Waals surface area contributed by atoms with E-state index in [-0.39, 0.29) is 16.7 Å². The van der Waals surface area contributed by atoms with Gasteiger partial charge in [0.15, 0.2) is 5.78 Å². The average molecular weight is 435 g/mol. The third-order valence-electron chi connectivity index (χ3n) is 6.67. The van der Waals surface area contributed by atoms with Crippen LogP contribution in [0, 0.1) is 5.92 Å². The Kier molecular flexibility index (Phi) is 6.07. The number of hydrogen-bond acceptors (Lipinski definition) is 6. The van der Waals surface area contributed by atoms with Gasteiger partial charge in [-0.3, -0.25) is 10.1 Å². The molecule has 1 aromatic carbocycles. The van der Waals surface area contributed by atoms with Gasteiger partial charge in [-0.2, -0.15) is 4.31 Å². The minimum atomic E-state index is -3.66. The summed E-state index contributed by atoms with van der Waals surface area (Å²) in [4.78, 5) is 16.4. The predicted octanol–water partition coefficient (Wildman–Crippen LogP) is 1.62. The fourth-order valence-electron chi connectivity index (χ4n) is 4.90. The molecule has 1 aliphatic carbocycles. The van der Waals surface area contributed by atoms with Gasteiger partial charge in [0.1, 0.15) is 0 Å². The second kappa shape index (κ2) is 8.31. The van der Waals surface area contributed by atoms with Crippen molar-refractivity contribution in [2.75, 3.05) is 46.8 Å². The van der Waals surface area contributed by atoms with Crippen LogP contribution in [-0.4, -0.2) is 86.8 Å². The van der Waals surface area contributed by atoms with Gasteiger partial charge in [-0.25, -0.2) is 8.42 Å². The SMILES string of the molecule is CC(=O)c1ccc(S(=O)(=O)N2CC(CN(C)C)NC23CCN(CC2CC2)CC3)cc1. The number of rotatable bonds is 7. The zero-order chi connectivity index (χ0) is 21.5. The highest BCUT2D eigenvalue weighted by molar-refractivity contribution is 7.89. The molecule has 30 heavy (non-hydrogen) atoms. The van der Waals surface area contributed by atoms with Crippen molar-refractivity contribution in [1.29, 1.82) is 0 Å². The maximum atomic E-state index is 13.7. The Hall–Kier alpha value is -1.32. The van der Waals surface area contributed by atoms with Crippen LogP contribution in [0.1, 0.15) is 43.0 Å². The third kappa shape index (κ3) is 4.48. The normalized spacial score (nSPS) is 25.3. The van der Waals surface area contributed by atoms with Crippen molar-refractivity contribution < 1.29 is 13.2 Å². The number of benzene rings is 1. The molecule has 3 fully saturated rings. The molecule has 0 amide bonds. The number of likely N-dealkylation sites (tertiary alicyclic amines) is 1. The third-order valence-corrected chi connectivity index (χ3v) is 8.61. The summed E-state index contributed by atoms with van der Waals surface area (Å²) in [6, 6.07) is 6.46. The van der Waals surface area contributed by atoms with E-state index in [1.54, 1.807) is 28.6 Å². The minimum Gasteiger partial charge on any atom is -0.308 e. The maximum absolute atomic E-state index is 13.7. The number of likely N-dealkylation sites (N-methyl/N-ethyl adjacent to an activating group) is 1. The Morgan fingerprint density at radius 2 is 1.80 bits per heavy atom. The van der Waals surface area contributed by atoms with Gasteiger partial charge in [0.05, 0.1) is 10.6 Å². The van der Waals surface area contributed by atoms with Crippen LogP contribution >= 0.6 is 0 Å². The number of sulfonamides is 1. The van der Waals surface area contributed by atoms with E-state index in [1.807, 2.05) is 14.1 Å². The average Bonchev–Trinajstić information content (AvgIpc) is 3.44. The summed E-state index contributed by atoms with van der Waals surface area (Å²) in [5, 5.41) is 3.71. The number of carbonyl (C=O) groups is 1. The summed E-state index contributed by atoms with van der Waals surface area (Å²) in [5.74, 6) is 0.782. The lowest BCUT2D eigenvalue weighted by Crippen LogP contribution is -2.60.